The van der Waals surface area contributed by atoms with E-state index in [9.17, 15) is 69.3 Å². The van der Waals surface area contributed by atoms with Gasteiger partial charge >= 0.3 is 23.9 Å². The predicted molar refractivity (Wildman–Crippen MR) is 139 cm³/mol. The van der Waals surface area contributed by atoms with E-state index >= 15 is 0 Å². The monoisotopic (exact) mass is 617 g/mol. The molecule has 0 aliphatic rings. The topological polar surface area (TPSA) is 317 Å². The number of hydrogen-bond acceptors (Lipinski definition) is 13. The van der Waals surface area contributed by atoms with Gasteiger partial charge in [0.05, 0.1) is 0 Å². The van der Waals surface area contributed by atoms with Crippen LogP contribution in [-0.2, 0) is 33.6 Å². The van der Waals surface area contributed by atoms with Crippen LogP contribution in [0.5, 0.6) is 11.5 Å². The third kappa shape index (κ3) is 8.64. The summed E-state index contributed by atoms with van der Waals surface area (Å²) in [5.41, 5.74) is -8.52. The lowest BCUT2D eigenvalue weighted by Gasteiger charge is -2.37. The molecule has 0 spiro atoms. The van der Waals surface area contributed by atoms with Crippen molar-refractivity contribution in [3.63, 3.8) is 0 Å². The van der Waals surface area contributed by atoms with E-state index in [4.69, 9.17) is 5.11 Å². The Balaban J connectivity index is 3.21. The highest BCUT2D eigenvalue weighted by Crippen LogP contribution is 2.28. The highest BCUT2D eigenvalue weighted by molar-refractivity contribution is 7.80. The van der Waals surface area contributed by atoms with E-state index in [1.165, 1.54) is 5.32 Å². The molecule has 18 nitrogen and oxygen atoms in total. The Morgan fingerprint density at radius 1 is 0.905 bits per heavy atom. The van der Waals surface area contributed by atoms with Gasteiger partial charge in [-0.25, -0.2) is 9.59 Å². The molecule has 19 heteroatoms. The molecule has 2 unspecified atom stereocenters. The first-order valence-electron chi connectivity index (χ1n) is 11.5. The lowest BCUT2D eigenvalue weighted by Crippen LogP contribution is -2.76. The number of thiol groups is 1. The number of carboxylic acids is 4. The number of aliphatic carboxylic acids is 4. The number of phenolic OH excluding ortho intramolecular Hbond substituents is 2. The molecule has 2 amide bonds. The van der Waals surface area contributed by atoms with E-state index in [1.807, 2.05) is 5.32 Å². The maximum Gasteiger partial charge on any atom is 0.355 e. The number of carbonyl (C=O) groups excluding carboxylic acids is 3. The number of carbonyl (C=O) groups is 7. The van der Waals surface area contributed by atoms with Gasteiger partial charge in [0, 0.05) is 12.2 Å². The second kappa shape index (κ2) is 14.8. The summed E-state index contributed by atoms with van der Waals surface area (Å²) in [5.74, 6) is -14.0. The van der Waals surface area contributed by atoms with Gasteiger partial charge in [0.1, 0.15) is 18.6 Å². The molecule has 0 fully saturated rings. The summed E-state index contributed by atoms with van der Waals surface area (Å²) < 4.78 is 0. The fourth-order valence-corrected chi connectivity index (χ4v) is 3.48. The van der Waals surface area contributed by atoms with Crippen molar-refractivity contribution in [2.45, 2.75) is 36.3 Å². The number of nitrogens with one attached hydrogen (secondary N) is 3. The molecule has 1 aromatic rings. The van der Waals surface area contributed by atoms with Crippen LogP contribution in [0.4, 0.5) is 0 Å². The van der Waals surface area contributed by atoms with E-state index in [2.05, 4.69) is 17.9 Å². The fraction of sp³-hybridized carbons (Fsp3) is 0.348. The van der Waals surface area contributed by atoms with Crippen molar-refractivity contribution in [3.8, 4) is 11.5 Å². The molecule has 0 saturated heterocycles. The number of hydrogen-bond donors (Lipinski definition) is 12. The quantitative estimate of drug-likeness (QED) is 0.0268. The fourth-order valence-electron chi connectivity index (χ4n) is 3.23. The third-order valence-corrected chi connectivity index (χ3v) is 5.88. The van der Waals surface area contributed by atoms with E-state index in [0.717, 1.165) is 24.3 Å². The average Bonchev–Trinajstić information content (AvgIpc) is 2.91. The van der Waals surface area contributed by atoms with Gasteiger partial charge in [0.25, 0.3) is 11.3 Å². The van der Waals surface area contributed by atoms with Crippen LogP contribution < -0.4 is 16.0 Å². The molecule has 0 saturated carbocycles. The Bertz CT molecular complexity index is 1290. The van der Waals surface area contributed by atoms with Crippen LogP contribution in [0, 0.1) is 0 Å². The molecule has 230 valence electrons. The third-order valence-electron chi connectivity index (χ3n) is 5.52. The van der Waals surface area contributed by atoms with Gasteiger partial charge in [-0.2, -0.15) is 12.6 Å². The van der Waals surface area contributed by atoms with Crippen LogP contribution in [0.2, 0.25) is 0 Å². The van der Waals surface area contributed by atoms with Crippen molar-refractivity contribution in [1.82, 2.24) is 16.0 Å². The molecule has 0 heterocycles. The normalized spacial score (nSPS) is 15.4. The largest absolute Gasteiger partial charge is 0.504 e. The molecule has 0 aromatic heterocycles. The first kappa shape index (κ1) is 35.3. The van der Waals surface area contributed by atoms with E-state index < -0.39 is 95.8 Å². The average molecular weight is 618 g/mol. The van der Waals surface area contributed by atoms with Crippen molar-refractivity contribution in [1.29, 1.82) is 0 Å². The second-order valence-corrected chi connectivity index (χ2v) is 8.83. The number of benzene rings is 1. The van der Waals surface area contributed by atoms with Crippen LogP contribution >= 0.6 is 12.6 Å². The molecule has 42 heavy (non-hydrogen) atoms. The lowest BCUT2D eigenvalue weighted by molar-refractivity contribution is -0.214. The molecule has 4 atom stereocenters. The van der Waals surface area contributed by atoms with E-state index in [1.54, 1.807) is 0 Å². The summed E-state index contributed by atoms with van der Waals surface area (Å²) in [5, 5.41) is 83.1. The number of carboxylic acid groups (broad SMARTS) is 4. The van der Waals surface area contributed by atoms with E-state index in [-0.39, 0.29) is 11.3 Å². The maximum absolute atomic E-state index is 12.7. The molecule has 0 bridgehead atoms. The Morgan fingerprint density at radius 3 is 2.00 bits per heavy atom. The first-order chi connectivity index (χ1) is 19.4. The summed E-state index contributed by atoms with van der Waals surface area (Å²) in [4.78, 5) is 83.2. The number of rotatable bonds is 17. The summed E-state index contributed by atoms with van der Waals surface area (Å²) >= 11 is 3.84. The van der Waals surface area contributed by atoms with Gasteiger partial charge in [0.15, 0.2) is 11.5 Å². The van der Waals surface area contributed by atoms with E-state index in [0.29, 0.717) is 6.08 Å². The van der Waals surface area contributed by atoms with Gasteiger partial charge in [-0.3, -0.25) is 29.3 Å². The summed E-state index contributed by atoms with van der Waals surface area (Å²) in [7, 11) is 0. The number of amides is 2. The number of ketones is 1. The zero-order valence-electron chi connectivity index (χ0n) is 21.3. The van der Waals surface area contributed by atoms with Crippen molar-refractivity contribution < 1.29 is 74.4 Å². The molecule has 0 aliphatic carbocycles. The molecular formula is C23H27N3O15S. The molecule has 0 radical (unpaired) electrons. The van der Waals surface area contributed by atoms with Gasteiger partial charge in [-0.05, 0) is 30.2 Å². The second-order valence-electron chi connectivity index (χ2n) is 8.46. The number of phenols is 2. The van der Waals surface area contributed by atoms with Gasteiger partial charge in [-0.15, -0.1) is 0 Å². The first-order valence-corrected chi connectivity index (χ1v) is 12.1. The SMILES string of the molecule is O=C(O)CNC(=O)[C@H](CS)NC(=O)CC[C@H](NC(O)(C(=O)O)C(O)(C(=O)O)C(=O)/C=C/c1ccc(O)c(O)c1)C(=O)O. The van der Waals surface area contributed by atoms with Crippen LogP contribution in [-0.4, -0.2) is 118 Å². The predicted octanol–water partition coefficient (Wildman–Crippen LogP) is -3.29. The highest BCUT2D eigenvalue weighted by atomic mass is 32.1. The zero-order chi connectivity index (χ0) is 32.4. The summed E-state index contributed by atoms with van der Waals surface area (Å²) in [6.45, 7) is -0.782. The number of aromatic hydroxyl groups is 2. The van der Waals surface area contributed by atoms with Gasteiger partial charge in [-0.1, -0.05) is 12.1 Å². The van der Waals surface area contributed by atoms with Gasteiger partial charge in [0.2, 0.25) is 17.6 Å². The van der Waals surface area contributed by atoms with Crippen LogP contribution in [0.1, 0.15) is 18.4 Å². The Hall–Kier alpha value is -4.72. The highest BCUT2D eigenvalue weighted by Gasteiger charge is 2.66. The van der Waals surface area contributed by atoms with Crippen molar-refractivity contribution in [2.24, 2.45) is 0 Å². The lowest BCUT2D eigenvalue weighted by atomic mass is 9.84. The van der Waals surface area contributed by atoms with Crippen LogP contribution in [0.3, 0.4) is 0 Å². The zero-order valence-corrected chi connectivity index (χ0v) is 22.1. The number of aliphatic hydroxyl groups is 2. The van der Waals surface area contributed by atoms with Crippen molar-refractivity contribution in [3.05, 3.63) is 29.8 Å². The molecule has 0 aliphatic heterocycles. The van der Waals surface area contributed by atoms with Crippen molar-refractivity contribution >= 4 is 60.2 Å². The van der Waals surface area contributed by atoms with Gasteiger partial charge < -0.3 is 51.5 Å². The summed E-state index contributed by atoms with van der Waals surface area (Å²) in [6.07, 6.45) is -0.605. The Labute approximate surface area is 240 Å². The molecule has 11 N–H and O–H groups in total. The minimum Gasteiger partial charge on any atom is -0.504 e. The smallest absolute Gasteiger partial charge is 0.355 e. The Morgan fingerprint density at radius 2 is 1.52 bits per heavy atom. The minimum atomic E-state index is -4.26. The molecule has 1 rings (SSSR count). The maximum atomic E-state index is 12.7. The van der Waals surface area contributed by atoms with Crippen molar-refractivity contribution in [2.75, 3.05) is 12.3 Å². The van der Waals surface area contributed by atoms with Crippen LogP contribution in [0.15, 0.2) is 24.3 Å². The molecule has 1 aromatic carbocycles. The summed E-state index contributed by atoms with van der Waals surface area (Å²) in [6, 6.07) is -0.653. The Kier molecular flexibility index (Phi) is 12.4. The molecular weight excluding hydrogens is 590 g/mol. The standard InChI is InChI=1S/C23H27N3O15S/c27-13-4-1-10(7-14(13)28)2-5-15(29)22(40,20(36)37)23(41,21(38)39)26-11(19(34)35)3-6-16(30)25-12(9-42)18(33)24-8-17(31)32/h1-2,4-5,7,11-12,26-28,40-42H,3,6,8-9H2,(H,24,33)(H,25,30)(H,31,32)(H,34,35)(H,36,37)(H,38,39)/b5-2+/t11-,12-,22?,23?/m0/s1. The van der Waals surface area contributed by atoms with Crippen LogP contribution in [0.25, 0.3) is 6.08 Å². The minimum absolute atomic E-state index is 0.0520.